The normalized spacial score (nSPS) is 17.0. The van der Waals surface area contributed by atoms with Gasteiger partial charge in [0.2, 0.25) is 0 Å². The molecule has 2 aromatic heterocycles. The van der Waals surface area contributed by atoms with Crippen LogP contribution in [0.25, 0.3) is 22.3 Å². The molecule has 0 N–H and O–H groups in total. The van der Waals surface area contributed by atoms with Crippen LogP contribution in [-0.2, 0) is 10.2 Å². The molecule has 4 aromatic rings. The van der Waals surface area contributed by atoms with Crippen LogP contribution in [0.1, 0.15) is 24.0 Å². The van der Waals surface area contributed by atoms with Crippen molar-refractivity contribution in [3.63, 3.8) is 0 Å². The molecule has 0 amide bonds. The third-order valence-electron chi connectivity index (χ3n) is 7.07. The number of hydrogen-bond donors (Lipinski definition) is 0. The maximum absolute atomic E-state index is 14.3. The molecule has 1 fully saturated rings. The highest BCUT2D eigenvalue weighted by molar-refractivity contribution is 9.10. The van der Waals surface area contributed by atoms with Gasteiger partial charge in [-0.15, -0.1) is 0 Å². The molecule has 6 rings (SSSR count). The summed E-state index contributed by atoms with van der Waals surface area (Å²) in [5.74, 6) is -0.290. The van der Waals surface area contributed by atoms with Crippen LogP contribution >= 0.6 is 15.9 Å². The zero-order valence-electron chi connectivity index (χ0n) is 18.3. The van der Waals surface area contributed by atoms with Crippen molar-refractivity contribution in [1.29, 1.82) is 0 Å². The Balaban J connectivity index is 1.63. The number of benzene rings is 2. The number of aromatic nitrogens is 2. The molecule has 166 valence electrons. The highest BCUT2D eigenvalue weighted by Gasteiger charge is 2.45. The second-order valence-corrected chi connectivity index (χ2v) is 9.87. The van der Waals surface area contributed by atoms with E-state index in [2.05, 4.69) is 50.9 Å². The van der Waals surface area contributed by atoms with Crippen LogP contribution in [-0.4, -0.2) is 29.7 Å². The van der Waals surface area contributed by atoms with Crippen molar-refractivity contribution >= 4 is 38.2 Å². The van der Waals surface area contributed by atoms with E-state index in [-0.39, 0.29) is 11.2 Å². The van der Waals surface area contributed by atoms with Crippen molar-refractivity contribution < 1.29 is 9.13 Å². The van der Waals surface area contributed by atoms with Gasteiger partial charge < -0.3 is 9.64 Å². The van der Waals surface area contributed by atoms with Crippen LogP contribution < -0.4 is 4.90 Å². The molecular weight excluding hydrogens is 481 g/mol. The summed E-state index contributed by atoms with van der Waals surface area (Å²) in [5, 5.41) is 0.948. The Hall–Kier alpha value is -2.83. The van der Waals surface area contributed by atoms with Gasteiger partial charge in [-0.3, -0.25) is 4.98 Å². The predicted molar refractivity (Wildman–Crippen MR) is 133 cm³/mol. The zero-order valence-corrected chi connectivity index (χ0v) is 19.9. The molecule has 0 atom stereocenters. The van der Waals surface area contributed by atoms with Crippen molar-refractivity contribution in [3.8, 4) is 11.4 Å². The van der Waals surface area contributed by atoms with E-state index >= 15 is 0 Å². The van der Waals surface area contributed by atoms with E-state index in [4.69, 9.17) is 9.72 Å². The number of hydrogen-bond acceptors (Lipinski definition) is 4. The number of halogens is 2. The molecule has 0 bridgehead atoms. The van der Waals surface area contributed by atoms with Crippen LogP contribution in [0, 0.1) is 12.7 Å². The fourth-order valence-electron chi connectivity index (χ4n) is 5.45. The summed E-state index contributed by atoms with van der Waals surface area (Å²) in [6.07, 6.45) is 3.75. The highest BCUT2D eigenvalue weighted by Crippen LogP contribution is 2.52. The molecule has 4 nitrogen and oxygen atoms in total. The summed E-state index contributed by atoms with van der Waals surface area (Å²) in [4.78, 5) is 11.8. The molecule has 2 aliphatic heterocycles. The van der Waals surface area contributed by atoms with Gasteiger partial charge in [-0.05, 0) is 61.7 Å². The first-order chi connectivity index (χ1) is 16.1. The maximum Gasteiger partial charge on any atom is 0.125 e. The van der Waals surface area contributed by atoms with E-state index in [0.29, 0.717) is 5.52 Å². The first kappa shape index (κ1) is 20.8. The molecule has 0 radical (unpaired) electrons. The SMILES string of the molecule is Cc1c(-c2ccccn2)nc2cc(F)ccc2c1N1CC2(CCOCC2)c2ccc(Br)cc21. The smallest absolute Gasteiger partial charge is 0.125 e. The molecule has 1 spiro atoms. The molecule has 2 aliphatic rings. The number of nitrogens with zero attached hydrogens (tertiary/aromatic N) is 3. The Kier molecular flexibility index (Phi) is 4.96. The standard InChI is InChI=1S/C27H23BrFN3O/c1-17-25(22-4-2-3-11-30-22)31-23-15-19(29)6-7-20(23)26(17)32-16-27(9-12-33-13-10-27)21-8-5-18(28)14-24(21)32/h2-8,11,14-15H,9-10,12-13,16H2,1H3. The lowest BCUT2D eigenvalue weighted by Gasteiger charge is -2.35. The minimum absolute atomic E-state index is 0.0432. The summed E-state index contributed by atoms with van der Waals surface area (Å²) in [6, 6.07) is 17.3. The number of ether oxygens (including phenoxy) is 1. The van der Waals surface area contributed by atoms with Crippen LogP contribution in [0.2, 0.25) is 0 Å². The van der Waals surface area contributed by atoms with Gasteiger partial charge >= 0.3 is 0 Å². The molecule has 1 saturated heterocycles. The molecule has 33 heavy (non-hydrogen) atoms. The van der Waals surface area contributed by atoms with E-state index in [9.17, 15) is 4.39 Å². The third kappa shape index (κ3) is 3.35. The second kappa shape index (κ2) is 7.89. The molecular formula is C27H23BrFN3O. The monoisotopic (exact) mass is 503 g/mol. The molecule has 6 heteroatoms. The molecule has 0 saturated carbocycles. The number of rotatable bonds is 2. The van der Waals surface area contributed by atoms with Gasteiger partial charge in [-0.2, -0.15) is 0 Å². The van der Waals surface area contributed by atoms with Gasteiger partial charge in [0.25, 0.3) is 0 Å². The first-order valence-electron chi connectivity index (χ1n) is 11.2. The summed E-state index contributed by atoms with van der Waals surface area (Å²) < 4.78 is 21.0. The van der Waals surface area contributed by atoms with Crippen LogP contribution in [0.15, 0.2) is 65.3 Å². The van der Waals surface area contributed by atoms with Gasteiger partial charge in [0.05, 0.1) is 22.6 Å². The van der Waals surface area contributed by atoms with Gasteiger partial charge in [0.15, 0.2) is 0 Å². The molecule has 0 unspecified atom stereocenters. The lowest BCUT2D eigenvalue weighted by Crippen LogP contribution is -2.37. The average molecular weight is 504 g/mol. The lowest BCUT2D eigenvalue weighted by molar-refractivity contribution is 0.0558. The average Bonchev–Trinajstić information content (AvgIpc) is 3.12. The van der Waals surface area contributed by atoms with E-state index in [1.807, 2.05) is 24.3 Å². The van der Waals surface area contributed by atoms with E-state index in [0.717, 1.165) is 65.1 Å². The third-order valence-corrected chi connectivity index (χ3v) is 7.56. The number of fused-ring (bicyclic) bond motifs is 3. The molecule has 2 aromatic carbocycles. The summed E-state index contributed by atoms with van der Waals surface area (Å²) >= 11 is 3.68. The van der Waals surface area contributed by atoms with Crippen LogP contribution in [0.3, 0.4) is 0 Å². The van der Waals surface area contributed by atoms with Gasteiger partial charge in [-0.25, -0.2) is 9.37 Å². The fraction of sp³-hybridized carbons (Fsp3) is 0.259. The Labute approximate surface area is 200 Å². The van der Waals surface area contributed by atoms with Crippen molar-refractivity contribution in [1.82, 2.24) is 9.97 Å². The zero-order chi connectivity index (χ0) is 22.6. The predicted octanol–water partition coefficient (Wildman–Crippen LogP) is 6.71. The highest BCUT2D eigenvalue weighted by atomic mass is 79.9. The van der Waals surface area contributed by atoms with Crippen molar-refractivity contribution in [2.24, 2.45) is 0 Å². The Morgan fingerprint density at radius 3 is 2.70 bits per heavy atom. The van der Waals surface area contributed by atoms with Crippen LogP contribution in [0.4, 0.5) is 15.8 Å². The summed E-state index contributed by atoms with van der Waals surface area (Å²) in [7, 11) is 0. The Morgan fingerprint density at radius 1 is 1.06 bits per heavy atom. The topological polar surface area (TPSA) is 38.2 Å². The van der Waals surface area contributed by atoms with Crippen molar-refractivity contribution in [2.75, 3.05) is 24.7 Å². The first-order valence-corrected chi connectivity index (χ1v) is 12.0. The van der Waals surface area contributed by atoms with Gasteiger partial charge in [0.1, 0.15) is 5.82 Å². The minimum Gasteiger partial charge on any atom is -0.381 e. The fourth-order valence-corrected chi connectivity index (χ4v) is 5.80. The molecule has 4 heterocycles. The van der Waals surface area contributed by atoms with E-state index in [1.54, 1.807) is 6.20 Å². The second-order valence-electron chi connectivity index (χ2n) is 8.95. The van der Waals surface area contributed by atoms with E-state index < -0.39 is 0 Å². The van der Waals surface area contributed by atoms with Gasteiger partial charge in [-0.1, -0.05) is 28.1 Å². The minimum atomic E-state index is -0.290. The Morgan fingerprint density at radius 2 is 1.91 bits per heavy atom. The van der Waals surface area contributed by atoms with Gasteiger partial charge in [0, 0.05) is 58.5 Å². The summed E-state index contributed by atoms with van der Waals surface area (Å²) in [6.45, 7) is 4.50. The largest absolute Gasteiger partial charge is 0.381 e. The Bertz CT molecular complexity index is 1370. The van der Waals surface area contributed by atoms with Crippen LogP contribution in [0.5, 0.6) is 0 Å². The quantitative estimate of drug-likeness (QED) is 0.304. The number of anilines is 2. The molecule has 0 aliphatic carbocycles. The van der Waals surface area contributed by atoms with E-state index in [1.165, 1.54) is 23.4 Å². The summed E-state index contributed by atoms with van der Waals surface area (Å²) in [5.41, 5.74) is 6.93. The lowest BCUT2D eigenvalue weighted by atomic mass is 9.76. The maximum atomic E-state index is 14.3. The number of pyridine rings is 2. The van der Waals surface area contributed by atoms with Crippen molar-refractivity contribution in [2.45, 2.75) is 25.2 Å². The van der Waals surface area contributed by atoms with Crippen molar-refractivity contribution in [3.05, 3.63) is 82.2 Å².